The fourth-order valence-corrected chi connectivity index (χ4v) is 1.43. The summed E-state index contributed by atoms with van der Waals surface area (Å²) in [5.41, 5.74) is 1.15. The van der Waals surface area contributed by atoms with Gasteiger partial charge in [0.25, 0.3) is 0 Å². The summed E-state index contributed by atoms with van der Waals surface area (Å²) in [6.07, 6.45) is 0. The molecule has 3 nitrogen and oxygen atoms in total. The number of rotatable bonds is 7. The van der Waals surface area contributed by atoms with Gasteiger partial charge in [-0.3, -0.25) is 0 Å². The molecule has 0 bridgehead atoms. The van der Waals surface area contributed by atoms with Crippen molar-refractivity contribution in [1.82, 2.24) is 5.32 Å². The highest BCUT2D eigenvalue weighted by atomic mass is 35.5. The Hall–Kier alpha value is -0.770. The Kier molecular flexibility index (Phi) is 6.23. The maximum atomic E-state index is 5.99. The van der Waals surface area contributed by atoms with Crippen LogP contribution in [0.5, 0.6) is 5.75 Å². The van der Waals surface area contributed by atoms with E-state index in [0.717, 1.165) is 24.4 Å². The summed E-state index contributed by atoms with van der Waals surface area (Å²) < 4.78 is 10.5. The minimum absolute atomic E-state index is 0.604. The third kappa shape index (κ3) is 4.84. The number of hydrogen-bond acceptors (Lipinski definition) is 3. The lowest BCUT2D eigenvalue weighted by Crippen LogP contribution is -2.24. The van der Waals surface area contributed by atoms with Crippen LogP contribution in [0.3, 0.4) is 0 Å². The van der Waals surface area contributed by atoms with Gasteiger partial charge in [-0.1, -0.05) is 17.7 Å². The van der Waals surface area contributed by atoms with Crippen molar-refractivity contribution in [2.75, 3.05) is 33.4 Å². The molecular formula is C12H18ClNO2. The zero-order valence-electron chi connectivity index (χ0n) is 9.75. The Morgan fingerprint density at radius 1 is 1.25 bits per heavy atom. The van der Waals surface area contributed by atoms with E-state index in [9.17, 15) is 0 Å². The molecule has 16 heavy (non-hydrogen) atoms. The topological polar surface area (TPSA) is 30.5 Å². The largest absolute Gasteiger partial charge is 0.491 e. The van der Waals surface area contributed by atoms with Gasteiger partial charge in [-0.15, -0.1) is 0 Å². The Balaban J connectivity index is 2.23. The SMILES string of the molecule is COCCNCCOc1cc(C)ccc1Cl. The highest BCUT2D eigenvalue weighted by Gasteiger charge is 2.00. The number of nitrogens with one attached hydrogen (secondary N) is 1. The number of benzene rings is 1. The fraction of sp³-hybridized carbons (Fsp3) is 0.500. The standard InChI is InChI=1S/C12H18ClNO2/c1-10-3-4-11(13)12(9-10)16-8-6-14-5-7-15-2/h3-4,9,14H,5-8H2,1-2H3. The van der Waals surface area contributed by atoms with Crippen molar-refractivity contribution in [2.24, 2.45) is 0 Å². The first-order valence-electron chi connectivity index (χ1n) is 5.32. The predicted molar refractivity (Wildman–Crippen MR) is 66.4 cm³/mol. The Morgan fingerprint density at radius 3 is 2.75 bits per heavy atom. The van der Waals surface area contributed by atoms with E-state index < -0.39 is 0 Å². The average molecular weight is 244 g/mol. The van der Waals surface area contributed by atoms with Crippen molar-refractivity contribution in [2.45, 2.75) is 6.92 Å². The number of halogens is 1. The molecule has 0 spiro atoms. The summed E-state index contributed by atoms with van der Waals surface area (Å²) in [6.45, 7) is 4.95. The summed E-state index contributed by atoms with van der Waals surface area (Å²) in [6, 6.07) is 5.76. The third-order valence-corrected chi connectivity index (χ3v) is 2.42. The summed E-state index contributed by atoms with van der Waals surface area (Å²) in [5.74, 6) is 0.746. The van der Waals surface area contributed by atoms with Gasteiger partial charge in [0, 0.05) is 20.2 Å². The molecule has 1 rings (SSSR count). The molecule has 1 aromatic carbocycles. The molecule has 0 radical (unpaired) electrons. The minimum atomic E-state index is 0.604. The lowest BCUT2D eigenvalue weighted by atomic mass is 10.2. The number of aryl methyl sites for hydroxylation is 1. The molecule has 4 heteroatoms. The van der Waals surface area contributed by atoms with Crippen molar-refractivity contribution in [3.05, 3.63) is 28.8 Å². The van der Waals surface area contributed by atoms with Gasteiger partial charge < -0.3 is 14.8 Å². The monoisotopic (exact) mass is 243 g/mol. The van der Waals surface area contributed by atoms with E-state index in [1.807, 2.05) is 25.1 Å². The molecule has 1 aromatic rings. The second kappa shape index (κ2) is 7.49. The summed E-state index contributed by atoms with van der Waals surface area (Å²) in [7, 11) is 1.69. The van der Waals surface area contributed by atoms with Gasteiger partial charge in [-0.05, 0) is 24.6 Å². The van der Waals surface area contributed by atoms with Crippen LogP contribution in [-0.4, -0.2) is 33.4 Å². The molecule has 0 aliphatic rings. The molecule has 0 atom stereocenters. The molecule has 0 aromatic heterocycles. The molecule has 0 saturated heterocycles. The van der Waals surface area contributed by atoms with E-state index in [4.69, 9.17) is 21.1 Å². The molecule has 0 unspecified atom stereocenters. The van der Waals surface area contributed by atoms with E-state index in [-0.39, 0.29) is 0 Å². The number of methoxy groups -OCH3 is 1. The lowest BCUT2D eigenvalue weighted by molar-refractivity contribution is 0.197. The average Bonchev–Trinajstić information content (AvgIpc) is 2.28. The van der Waals surface area contributed by atoms with Crippen LogP contribution in [0, 0.1) is 6.92 Å². The van der Waals surface area contributed by atoms with E-state index in [1.54, 1.807) is 7.11 Å². The van der Waals surface area contributed by atoms with E-state index >= 15 is 0 Å². The number of hydrogen-bond donors (Lipinski definition) is 1. The highest BCUT2D eigenvalue weighted by molar-refractivity contribution is 6.32. The molecule has 0 aliphatic heterocycles. The smallest absolute Gasteiger partial charge is 0.138 e. The van der Waals surface area contributed by atoms with Crippen LogP contribution in [0.2, 0.25) is 5.02 Å². The van der Waals surface area contributed by atoms with Gasteiger partial charge in [0.2, 0.25) is 0 Å². The molecule has 90 valence electrons. The maximum absolute atomic E-state index is 5.99. The van der Waals surface area contributed by atoms with Gasteiger partial charge in [0.05, 0.1) is 11.6 Å². The van der Waals surface area contributed by atoms with Crippen LogP contribution < -0.4 is 10.1 Å². The van der Waals surface area contributed by atoms with Crippen molar-refractivity contribution in [3.63, 3.8) is 0 Å². The van der Waals surface area contributed by atoms with Gasteiger partial charge in [-0.2, -0.15) is 0 Å². The van der Waals surface area contributed by atoms with Crippen molar-refractivity contribution >= 4 is 11.6 Å². The van der Waals surface area contributed by atoms with Gasteiger partial charge in [-0.25, -0.2) is 0 Å². The first-order chi connectivity index (χ1) is 7.74. The zero-order valence-corrected chi connectivity index (χ0v) is 10.5. The minimum Gasteiger partial charge on any atom is -0.491 e. The van der Waals surface area contributed by atoms with Crippen molar-refractivity contribution in [3.8, 4) is 5.75 Å². The zero-order chi connectivity index (χ0) is 11.8. The predicted octanol–water partition coefficient (Wildman–Crippen LogP) is 2.26. The third-order valence-electron chi connectivity index (χ3n) is 2.11. The van der Waals surface area contributed by atoms with Crippen LogP contribution in [0.15, 0.2) is 18.2 Å². The van der Waals surface area contributed by atoms with Crippen LogP contribution in [0.1, 0.15) is 5.56 Å². The summed E-state index contributed by atoms with van der Waals surface area (Å²) in [5, 5.41) is 3.85. The van der Waals surface area contributed by atoms with Crippen molar-refractivity contribution in [1.29, 1.82) is 0 Å². The molecule has 0 heterocycles. The van der Waals surface area contributed by atoms with Crippen LogP contribution in [0.25, 0.3) is 0 Å². The van der Waals surface area contributed by atoms with Gasteiger partial charge in [0.1, 0.15) is 12.4 Å². The second-order valence-electron chi connectivity index (χ2n) is 3.53. The molecule has 0 saturated carbocycles. The molecule has 0 aliphatic carbocycles. The molecule has 1 N–H and O–H groups in total. The Labute approximate surface area is 102 Å². The molecular weight excluding hydrogens is 226 g/mol. The first-order valence-corrected chi connectivity index (χ1v) is 5.70. The quantitative estimate of drug-likeness (QED) is 0.746. The normalized spacial score (nSPS) is 10.4. The van der Waals surface area contributed by atoms with E-state index in [2.05, 4.69) is 5.32 Å². The fourth-order valence-electron chi connectivity index (χ4n) is 1.25. The highest BCUT2D eigenvalue weighted by Crippen LogP contribution is 2.24. The summed E-state index contributed by atoms with van der Waals surface area (Å²) >= 11 is 5.99. The second-order valence-corrected chi connectivity index (χ2v) is 3.93. The van der Waals surface area contributed by atoms with Crippen LogP contribution in [-0.2, 0) is 4.74 Å². The first kappa shape index (κ1) is 13.3. The Bertz CT molecular complexity index is 318. The summed E-state index contributed by atoms with van der Waals surface area (Å²) in [4.78, 5) is 0. The Morgan fingerprint density at radius 2 is 2.00 bits per heavy atom. The van der Waals surface area contributed by atoms with Crippen molar-refractivity contribution < 1.29 is 9.47 Å². The number of ether oxygens (including phenoxy) is 2. The van der Waals surface area contributed by atoms with E-state index in [1.165, 1.54) is 0 Å². The van der Waals surface area contributed by atoms with Gasteiger partial charge in [0.15, 0.2) is 0 Å². The van der Waals surface area contributed by atoms with E-state index in [0.29, 0.717) is 18.2 Å². The molecule has 0 fully saturated rings. The van der Waals surface area contributed by atoms with Gasteiger partial charge >= 0.3 is 0 Å². The van der Waals surface area contributed by atoms with Crippen LogP contribution >= 0.6 is 11.6 Å². The molecule has 0 amide bonds. The maximum Gasteiger partial charge on any atom is 0.138 e. The lowest BCUT2D eigenvalue weighted by Gasteiger charge is -2.09. The van der Waals surface area contributed by atoms with Crippen LogP contribution in [0.4, 0.5) is 0 Å².